The van der Waals surface area contributed by atoms with Crippen LogP contribution in [-0.2, 0) is 0 Å². The van der Waals surface area contributed by atoms with E-state index in [1.165, 1.54) is 24.8 Å². The van der Waals surface area contributed by atoms with Crippen molar-refractivity contribution in [3.05, 3.63) is 33.8 Å². The lowest BCUT2D eigenvalue weighted by Gasteiger charge is -2.34. The van der Waals surface area contributed by atoms with Crippen molar-refractivity contribution in [3.63, 3.8) is 0 Å². The number of nitrogens with zero attached hydrogens (tertiary/aromatic N) is 1. The molecule has 4 heteroatoms. The van der Waals surface area contributed by atoms with E-state index in [1.807, 2.05) is 12.1 Å². The van der Waals surface area contributed by atoms with Crippen LogP contribution < -0.4 is 5.32 Å². The van der Waals surface area contributed by atoms with Crippen molar-refractivity contribution in [3.8, 4) is 0 Å². The number of halogens is 2. The Morgan fingerprint density at radius 3 is 2.76 bits per heavy atom. The van der Waals surface area contributed by atoms with E-state index in [-0.39, 0.29) is 0 Å². The van der Waals surface area contributed by atoms with Gasteiger partial charge in [0, 0.05) is 18.6 Å². The van der Waals surface area contributed by atoms with Crippen LogP contribution in [0.1, 0.15) is 44.7 Å². The minimum atomic E-state index is 0.338. The molecule has 0 spiro atoms. The topological polar surface area (TPSA) is 15.3 Å². The lowest BCUT2D eigenvalue weighted by molar-refractivity contribution is 0.187. The Morgan fingerprint density at radius 2 is 2.05 bits per heavy atom. The van der Waals surface area contributed by atoms with Gasteiger partial charge >= 0.3 is 0 Å². The smallest absolute Gasteiger partial charge is 0.0640 e. The average molecular weight is 329 g/mol. The summed E-state index contributed by atoms with van der Waals surface area (Å²) in [5, 5.41) is 4.96. The number of hydrogen-bond donors (Lipinski definition) is 1. The van der Waals surface area contributed by atoms with Crippen molar-refractivity contribution < 1.29 is 0 Å². The van der Waals surface area contributed by atoms with Gasteiger partial charge in [-0.15, -0.1) is 0 Å². The third kappa shape index (κ3) is 4.35. The molecule has 21 heavy (non-hydrogen) atoms. The second-order valence-corrected chi connectivity index (χ2v) is 7.17. The van der Waals surface area contributed by atoms with Crippen LogP contribution in [-0.4, -0.2) is 31.1 Å². The minimum Gasteiger partial charge on any atom is -0.314 e. The second kappa shape index (κ2) is 7.82. The molecule has 2 nitrogen and oxygen atoms in total. The van der Waals surface area contributed by atoms with Crippen LogP contribution in [0.15, 0.2) is 18.2 Å². The quantitative estimate of drug-likeness (QED) is 0.856. The van der Waals surface area contributed by atoms with Crippen LogP contribution in [0.4, 0.5) is 0 Å². The molecule has 1 aromatic carbocycles. The van der Waals surface area contributed by atoms with Crippen molar-refractivity contribution in [1.82, 2.24) is 10.2 Å². The maximum absolute atomic E-state index is 6.49. The second-order valence-electron chi connectivity index (χ2n) is 6.39. The molecule has 1 aliphatic rings. The summed E-state index contributed by atoms with van der Waals surface area (Å²) in [6, 6.07) is 6.85. The van der Waals surface area contributed by atoms with E-state index in [4.69, 9.17) is 23.2 Å². The summed E-state index contributed by atoms with van der Waals surface area (Å²) >= 11 is 12.7. The summed E-state index contributed by atoms with van der Waals surface area (Å²) in [6.07, 6.45) is 3.77. The molecule has 1 fully saturated rings. The minimum absolute atomic E-state index is 0.338. The number of nitrogens with one attached hydrogen (secondary N) is 1. The van der Waals surface area contributed by atoms with Crippen LogP contribution in [0.3, 0.4) is 0 Å². The van der Waals surface area contributed by atoms with Gasteiger partial charge in [-0.2, -0.15) is 0 Å². The molecule has 0 aromatic heterocycles. The van der Waals surface area contributed by atoms with Crippen molar-refractivity contribution in [2.75, 3.05) is 20.1 Å². The maximum atomic E-state index is 6.49. The lowest BCUT2D eigenvalue weighted by atomic mass is 9.89. The first-order chi connectivity index (χ1) is 10.0. The summed E-state index contributed by atoms with van der Waals surface area (Å²) in [4.78, 5) is 2.44. The van der Waals surface area contributed by atoms with Crippen LogP contribution in [0.2, 0.25) is 10.0 Å². The summed E-state index contributed by atoms with van der Waals surface area (Å²) in [6.45, 7) is 6.53. The number of benzene rings is 1. The molecule has 2 atom stereocenters. The first kappa shape index (κ1) is 17.1. The van der Waals surface area contributed by atoms with E-state index in [9.17, 15) is 0 Å². The molecule has 118 valence electrons. The van der Waals surface area contributed by atoms with Crippen LogP contribution in [0.5, 0.6) is 0 Å². The molecule has 2 unspecified atom stereocenters. The first-order valence-electron chi connectivity index (χ1n) is 7.88. The maximum Gasteiger partial charge on any atom is 0.0640 e. The zero-order valence-corrected chi connectivity index (χ0v) is 14.7. The molecule has 1 N–H and O–H groups in total. The fourth-order valence-electron chi connectivity index (χ4n) is 3.27. The number of likely N-dealkylation sites (tertiary alicyclic amines) is 1. The Kier molecular flexibility index (Phi) is 6.36. The SMILES string of the molecule is CC(C)NCC1CCCCN(C)C1c1cccc(Cl)c1Cl. The van der Waals surface area contributed by atoms with E-state index in [0.717, 1.165) is 13.1 Å². The Morgan fingerprint density at radius 1 is 1.29 bits per heavy atom. The molecule has 1 heterocycles. The molecular weight excluding hydrogens is 303 g/mol. The molecule has 2 rings (SSSR count). The van der Waals surface area contributed by atoms with E-state index < -0.39 is 0 Å². The summed E-state index contributed by atoms with van der Waals surface area (Å²) < 4.78 is 0. The highest BCUT2D eigenvalue weighted by Gasteiger charge is 2.30. The Labute approximate surface area is 138 Å². The monoisotopic (exact) mass is 328 g/mol. The molecule has 0 radical (unpaired) electrons. The molecule has 1 aliphatic heterocycles. The third-order valence-corrected chi connectivity index (χ3v) is 5.18. The molecule has 0 aliphatic carbocycles. The standard InChI is InChI=1S/C17H26Cl2N2/c1-12(2)20-11-13-7-4-5-10-21(3)17(13)14-8-6-9-15(18)16(14)19/h6,8-9,12-13,17,20H,4-5,7,10-11H2,1-3H3. The normalized spacial score (nSPS) is 24.3. The predicted molar refractivity (Wildman–Crippen MR) is 92.3 cm³/mol. The molecular formula is C17H26Cl2N2. The van der Waals surface area contributed by atoms with Gasteiger partial charge in [-0.1, -0.05) is 55.6 Å². The highest BCUT2D eigenvalue weighted by molar-refractivity contribution is 6.42. The van der Waals surface area contributed by atoms with Gasteiger partial charge in [-0.25, -0.2) is 0 Å². The van der Waals surface area contributed by atoms with Gasteiger partial charge in [-0.05, 0) is 44.0 Å². The lowest BCUT2D eigenvalue weighted by Crippen LogP contribution is -2.37. The van der Waals surface area contributed by atoms with Crippen LogP contribution in [0, 0.1) is 5.92 Å². The highest BCUT2D eigenvalue weighted by Crippen LogP contribution is 2.39. The van der Waals surface area contributed by atoms with Gasteiger partial charge in [0.1, 0.15) is 0 Å². The van der Waals surface area contributed by atoms with Crippen molar-refractivity contribution in [2.24, 2.45) is 5.92 Å². The first-order valence-corrected chi connectivity index (χ1v) is 8.63. The Hall–Kier alpha value is -0.280. The summed E-state index contributed by atoms with van der Waals surface area (Å²) in [5.74, 6) is 0.566. The van der Waals surface area contributed by atoms with Gasteiger partial charge in [0.15, 0.2) is 0 Å². The molecule has 0 bridgehead atoms. The van der Waals surface area contributed by atoms with Gasteiger partial charge in [0.25, 0.3) is 0 Å². The van der Waals surface area contributed by atoms with Crippen molar-refractivity contribution in [2.45, 2.75) is 45.2 Å². The number of hydrogen-bond acceptors (Lipinski definition) is 2. The predicted octanol–water partition coefficient (Wildman–Crippen LogP) is 4.76. The average Bonchev–Trinajstić information content (AvgIpc) is 2.61. The fourth-order valence-corrected chi connectivity index (χ4v) is 3.69. The molecule has 1 saturated heterocycles. The summed E-state index contributed by atoms with van der Waals surface area (Å²) in [5.41, 5.74) is 1.17. The zero-order valence-electron chi connectivity index (χ0n) is 13.2. The van der Waals surface area contributed by atoms with E-state index in [2.05, 4.69) is 37.2 Å². The largest absolute Gasteiger partial charge is 0.314 e. The fraction of sp³-hybridized carbons (Fsp3) is 0.647. The van der Waals surface area contributed by atoms with Gasteiger partial charge in [-0.3, -0.25) is 4.90 Å². The van der Waals surface area contributed by atoms with Gasteiger partial charge in [0.05, 0.1) is 10.0 Å². The third-order valence-electron chi connectivity index (χ3n) is 4.35. The molecule has 1 aromatic rings. The van der Waals surface area contributed by atoms with Crippen LogP contribution >= 0.6 is 23.2 Å². The Balaban J connectivity index is 2.30. The van der Waals surface area contributed by atoms with Gasteiger partial charge < -0.3 is 5.32 Å². The molecule has 0 amide bonds. The van der Waals surface area contributed by atoms with Crippen LogP contribution in [0.25, 0.3) is 0 Å². The summed E-state index contributed by atoms with van der Waals surface area (Å²) in [7, 11) is 2.20. The Bertz CT molecular complexity index is 462. The van der Waals surface area contributed by atoms with Crippen molar-refractivity contribution >= 4 is 23.2 Å². The highest BCUT2D eigenvalue weighted by atomic mass is 35.5. The van der Waals surface area contributed by atoms with Crippen molar-refractivity contribution in [1.29, 1.82) is 0 Å². The van der Waals surface area contributed by atoms with Gasteiger partial charge in [0.2, 0.25) is 0 Å². The van der Waals surface area contributed by atoms with E-state index in [1.54, 1.807) is 0 Å². The molecule has 0 saturated carbocycles. The zero-order chi connectivity index (χ0) is 15.4. The number of rotatable bonds is 4. The van der Waals surface area contributed by atoms with E-state index >= 15 is 0 Å². The van der Waals surface area contributed by atoms with E-state index in [0.29, 0.717) is 28.0 Å².